The first-order valence-corrected chi connectivity index (χ1v) is 9.84. The summed E-state index contributed by atoms with van der Waals surface area (Å²) in [6.45, 7) is 4.78. The zero-order chi connectivity index (χ0) is 17.2. The van der Waals surface area contributed by atoms with Crippen LogP contribution in [0.5, 0.6) is 0 Å². The molecule has 1 aromatic rings. The van der Waals surface area contributed by atoms with Crippen LogP contribution in [0, 0.1) is 11.3 Å². The van der Waals surface area contributed by atoms with E-state index in [1.165, 1.54) is 32.1 Å². The van der Waals surface area contributed by atoms with E-state index < -0.39 is 0 Å². The highest BCUT2D eigenvalue weighted by Crippen LogP contribution is 2.35. The van der Waals surface area contributed by atoms with Crippen molar-refractivity contribution in [2.24, 2.45) is 0 Å². The van der Waals surface area contributed by atoms with Crippen LogP contribution in [0.1, 0.15) is 48.9 Å². The predicted molar refractivity (Wildman–Crippen MR) is 98.0 cm³/mol. The quantitative estimate of drug-likeness (QED) is 0.811. The van der Waals surface area contributed by atoms with Gasteiger partial charge in [0.1, 0.15) is 17.5 Å². The van der Waals surface area contributed by atoms with Gasteiger partial charge in [-0.05, 0) is 24.8 Å². The zero-order valence-corrected chi connectivity index (χ0v) is 15.4. The minimum atomic E-state index is 0.536. The Morgan fingerprint density at radius 3 is 2.60 bits per heavy atom. The molecular formula is C19H25ClN4O. The van der Waals surface area contributed by atoms with Crippen LogP contribution in [0.2, 0.25) is 5.02 Å². The second-order valence-corrected chi connectivity index (χ2v) is 7.65. The van der Waals surface area contributed by atoms with Crippen LogP contribution in [0.3, 0.4) is 0 Å². The van der Waals surface area contributed by atoms with Gasteiger partial charge in [-0.15, -0.1) is 0 Å². The lowest BCUT2D eigenvalue weighted by Gasteiger charge is -2.38. The molecule has 1 saturated carbocycles. The van der Waals surface area contributed by atoms with Gasteiger partial charge in [0.2, 0.25) is 0 Å². The number of fused-ring (bicyclic) bond motifs is 1. The van der Waals surface area contributed by atoms with Crippen LogP contribution in [-0.4, -0.2) is 48.8 Å². The summed E-state index contributed by atoms with van der Waals surface area (Å²) in [5, 5.41) is 10.3. The molecule has 0 N–H and O–H groups in total. The largest absolute Gasteiger partial charge is 0.378 e. The maximum atomic E-state index is 9.64. The molecule has 2 fully saturated rings. The number of pyridine rings is 1. The molecule has 0 amide bonds. The van der Waals surface area contributed by atoms with E-state index in [0.717, 1.165) is 49.7 Å². The van der Waals surface area contributed by atoms with E-state index in [4.69, 9.17) is 21.3 Å². The molecule has 0 bridgehead atoms. The fourth-order valence-electron chi connectivity index (χ4n) is 4.40. The molecule has 134 valence electrons. The predicted octanol–water partition coefficient (Wildman–Crippen LogP) is 3.13. The van der Waals surface area contributed by atoms with Crippen LogP contribution in [-0.2, 0) is 17.7 Å². The molecule has 1 aromatic heterocycles. The maximum Gasteiger partial charge on any atom is 0.148 e. The van der Waals surface area contributed by atoms with Crippen LogP contribution < -0.4 is 4.90 Å². The van der Waals surface area contributed by atoms with Crippen molar-refractivity contribution in [3.8, 4) is 6.07 Å². The number of hydrogen-bond acceptors (Lipinski definition) is 5. The van der Waals surface area contributed by atoms with Crippen molar-refractivity contribution in [3.63, 3.8) is 0 Å². The number of anilines is 1. The van der Waals surface area contributed by atoms with Gasteiger partial charge >= 0.3 is 0 Å². The molecule has 0 spiro atoms. The van der Waals surface area contributed by atoms with Gasteiger partial charge in [-0.3, -0.25) is 4.90 Å². The van der Waals surface area contributed by atoms with Gasteiger partial charge in [-0.2, -0.15) is 5.26 Å². The Kier molecular flexibility index (Phi) is 5.12. The van der Waals surface area contributed by atoms with E-state index in [1.54, 1.807) is 0 Å². The number of aromatic nitrogens is 1. The first-order valence-electron chi connectivity index (χ1n) is 9.46. The van der Waals surface area contributed by atoms with Gasteiger partial charge in [0.05, 0.1) is 23.9 Å². The van der Waals surface area contributed by atoms with Crippen LogP contribution >= 0.6 is 11.6 Å². The van der Waals surface area contributed by atoms with Crippen LogP contribution in [0.15, 0.2) is 0 Å². The van der Waals surface area contributed by atoms with E-state index in [-0.39, 0.29) is 0 Å². The third-order valence-corrected chi connectivity index (χ3v) is 6.23. The Bertz CT molecular complexity index is 675. The average Bonchev–Trinajstić information content (AvgIpc) is 2.69. The van der Waals surface area contributed by atoms with Crippen LogP contribution in [0.25, 0.3) is 0 Å². The highest BCUT2D eigenvalue weighted by Gasteiger charge is 2.30. The molecule has 1 saturated heterocycles. The number of rotatable bonds is 2. The zero-order valence-electron chi connectivity index (χ0n) is 14.6. The fraction of sp³-hybridized carbons (Fsp3) is 0.684. The minimum Gasteiger partial charge on any atom is -0.378 e. The number of hydrogen-bond donors (Lipinski definition) is 0. The normalized spacial score (nSPS) is 22.5. The van der Waals surface area contributed by atoms with E-state index in [2.05, 4.69) is 15.9 Å². The lowest BCUT2D eigenvalue weighted by Crippen LogP contribution is -2.42. The van der Waals surface area contributed by atoms with E-state index in [9.17, 15) is 5.26 Å². The summed E-state index contributed by atoms with van der Waals surface area (Å²) in [7, 11) is 0. The van der Waals surface area contributed by atoms with Gasteiger partial charge in [0, 0.05) is 32.2 Å². The number of nitriles is 1. The molecule has 2 aliphatic heterocycles. The van der Waals surface area contributed by atoms with Crippen LogP contribution in [0.4, 0.5) is 5.82 Å². The smallest absolute Gasteiger partial charge is 0.148 e. The van der Waals surface area contributed by atoms with Gasteiger partial charge in [0.25, 0.3) is 0 Å². The molecule has 0 radical (unpaired) electrons. The molecule has 3 aliphatic rings. The fourth-order valence-corrected chi connectivity index (χ4v) is 4.73. The number of ether oxygens (including phenoxy) is 1. The topological polar surface area (TPSA) is 52.4 Å². The summed E-state index contributed by atoms with van der Waals surface area (Å²) in [5.74, 6) is 0.750. The summed E-state index contributed by atoms with van der Waals surface area (Å²) in [5.41, 5.74) is 2.69. The third kappa shape index (κ3) is 3.36. The molecule has 3 heterocycles. The highest BCUT2D eigenvalue weighted by molar-refractivity contribution is 6.33. The Morgan fingerprint density at radius 1 is 1.12 bits per heavy atom. The molecule has 25 heavy (non-hydrogen) atoms. The molecule has 1 aliphatic carbocycles. The molecule has 0 aromatic carbocycles. The Hall–Kier alpha value is -1.35. The van der Waals surface area contributed by atoms with Crippen molar-refractivity contribution in [3.05, 3.63) is 21.8 Å². The van der Waals surface area contributed by atoms with Crippen molar-refractivity contribution in [2.75, 3.05) is 37.7 Å². The summed E-state index contributed by atoms with van der Waals surface area (Å²) in [4.78, 5) is 9.67. The highest BCUT2D eigenvalue weighted by atomic mass is 35.5. The molecule has 0 unspecified atom stereocenters. The van der Waals surface area contributed by atoms with Crippen molar-refractivity contribution < 1.29 is 4.74 Å². The Balaban J connectivity index is 1.64. The Labute approximate surface area is 154 Å². The van der Waals surface area contributed by atoms with E-state index >= 15 is 0 Å². The average molecular weight is 361 g/mol. The number of morpholine rings is 1. The molecule has 4 rings (SSSR count). The van der Waals surface area contributed by atoms with E-state index in [1.807, 2.05) is 0 Å². The third-order valence-electron chi connectivity index (χ3n) is 5.81. The number of nitrogens with zero attached hydrogens (tertiary/aromatic N) is 4. The standard InChI is InChI=1S/C19H25ClN4O/c20-18-15-6-7-24(14-4-2-1-3-5-14)13-17(15)22-19(16(18)12-21)23-8-10-25-11-9-23/h14H,1-11,13H2. The minimum absolute atomic E-state index is 0.536. The Morgan fingerprint density at radius 2 is 1.88 bits per heavy atom. The van der Waals surface area contributed by atoms with Crippen molar-refractivity contribution in [1.29, 1.82) is 5.26 Å². The first-order chi connectivity index (χ1) is 12.3. The second-order valence-electron chi connectivity index (χ2n) is 7.27. The molecule has 6 heteroatoms. The summed E-state index contributed by atoms with van der Waals surface area (Å²) in [6.07, 6.45) is 7.56. The second kappa shape index (κ2) is 7.49. The summed E-state index contributed by atoms with van der Waals surface area (Å²) >= 11 is 6.65. The van der Waals surface area contributed by atoms with Crippen molar-refractivity contribution >= 4 is 17.4 Å². The lowest BCUT2D eigenvalue weighted by atomic mass is 9.92. The van der Waals surface area contributed by atoms with E-state index in [0.29, 0.717) is 29.8 Å². The van der Waals surface area contributed by atoms with Crippen molar-refractivity contribution in [2.45, 2.75) is 51.1 Å². The SMILES string of the molecule is N#Cc1c(N2CCOCC2)nc2c(c1Cl)CCN(C1CCCCC1)C2. The summed E-state index contributed by atoms with van der Waals surface area (Å²) < 4.78 is 5.44. The maximum absolute atomic E-state index is 9.64. The molecule has 0 atom stereocenters. The molecular weight excluding hydrogens is 336 g/mol. The van der Waals surface area contributed by atoms with Gasteiger partial charge in [0.15, 0.2) is 0 Å². The van der Waals surface area contributed by atoms with Gasteiger partial charge in [-0.25, -0.2) is 4.98 Å². The van der Waals surface area contributed by atoms with Gasteiger partial charge in [-0.1, -0.05) is 30.9 Å². The number of halogens is 1. The van der Waals surface area contributed by atoms with Crippen molar-refractivity contribution in [1.82, 2.24) is 9.88 Å². The van der Waals surface area contributed by atoms with Gasteiger partial charge < -0.3 is 9.64 Å². The first kappa shape index (κ1) is 17.1. The monoisotopic (exact) mass is 360 g/mol. The lowest BCUT2D eigenvalue weighted by molar-refractivity contribution is 0.122. The summed E-state index contributed by atoms with van der Waals surface area (Å²) in [6, 6.07) is 2.98. The molecule has 5 nitrogen and oxygen atoms in total.